The maximum absolute atomic E-state index is 10.1. The van der Waals surface area contributed by atoms with E-state index in [0.29, 0.717) is 12.3 Å². The van der Waals surface area contributed by atoms with Gasteiger partial charge in [-0.1, -0.05) is 13.8 Å². The standard InChI is InChI=1S/C6H13NO2.C5H9NO2/c1-4(2)3-5(7)6(8)9;7-5(8)4-2-1-3-6-4/h4-5H,3,7H2,1-2H3,(H,8,9);4,6H,1-3H2,(H,7,8). The molecule has 1 rings (SSSR count). The third-order valence-corrected chi connectivity index (χ3v) is 2.40. The molecule has 1 fully saturated rings. The average Bonchev–Trinajstić information content (AvgIpc) is 2.69. The Morgan fingerprint density at radius 1 is 1.41 bits per heavy atom. The molecule has 0 bridgehead atoms. The largest absolute Gasteiger partial charge is 0.480 e. The van der Waals surface area contributed by atoms with Gasteiger partial charge in [0.25, 0.3) is 0 Å². The van der Waals surface area contributed by atoms with E-state index in [1.807, 2.05) is 13.8 Å². The Kier molecular flexibility index (Phi) is 7.49. The van der Waals surface area contributed by atoms with Crippen LogP contribution in [0.5, 0.6) is 0 Å². The van der Waals surface area contributed by atoms with Gasteiger partial charge in [-0.25, -0.2) is 0 Å². The number of nitrogens with two attached hydrogens (primary N) is 1. The number of aliphatic carboxylic acids is 2. The first-order valence-electron chi connectivity index (χ1n) is 5.79. The Balaban J connectivity index is 0.000000302. The molecule has 0 amide bonds. The summed E-state index contributed by atoms with van der Waals surface area (Å²) < 4.78 is 0. The average molecular weight is 246 g/mol. The second kappa shape index (κ2) is 8.03. The first-order chi connectivity index (χ1) is 7.84. The molecule has 6 nitrogen and oxygen atoms in total. The van der Waals surface area contributed by atoms with Gasteiger partial charge >= 0.3 is 11.9 Å². The van der Waals surface area contributed by atoms with Crippen molar-refractivity contribution in [1.29, 1.82) is 0 Å². The van der Waals surface area contributed by atoms with Crippen LogP contribution in [-0.4, -0.2) is 40.8 Å². The molecule has 2 unspecified atom stereocenters. The van der Waals surface area contributed by atoms with Gasteiger partial charge in [0.05, 0.1) is 0 Å². The molecule has 1 saturated heterocycles. The van der Waals surface area contributed by atoms with Crippen molar-refractivity contribution in [3.63, 3.8) is 0 Å². The molecular formula is C11H22N2O4. The van der Waals surface area contributed by atoms with E-state index in [1.54, 1.807) is 0 Å². The van der Waals surface area contributed by atoms with E-state index < -0.39 is 18.0 Å². The van der Waals surface area contributed by atoms with Crippen molar-refractivity contribution >= 4 is 11.9 Å². The van der Waals surface area contributed by atoms with Gasteiger partial charge in [0.2, 0.25) is 0 Å². The van der Waals surface area contributed by atoms with Crippen LogP contribution in [0, 0.1) is 5.92 Å². The summed E-state index contributed by atoms with van der Waals surface area (Å²) in [6, 6.07) is -0.958. The van der Waals surface area contributed by atoms with E-state index >= 15 is 0 Å². The Morgan fingerprint density at radius 3 is 2.18 bits per heavy atom. The molecule has 0 radical (unpaired) electrons. The summed E-state index contributed by atoms with van der Waals surface area (Å²) >= 11 is 0. The maximum Gasteiger partial charge on any atom is 0.320 e. The van der Waals surface area contributed by atoms with Crippen LogP contribution in [-0.2, 0) is 9.59 Å². The van der Waals surface area contributed by atoms with Crippen LogP contribution < -0.4 is 11.1 Å². The van der Waals surface area contributed by atoms with Crippen molar-refractivity contribution in [1.82, 2.24) is 5.32 Å². The highest BCUT2D eigenvalue weighted by atomic mass is 16.4. The molecule has 1 aliphatic rings. The van der Waals surface area contributed by atoms with Gasteiger partial charge in [-0.15, -0.1) is 0 Å². The molecule has 0 spiro atoms. The van der Waals surface area contributed by atoms with Gasteiger partial charge in [0, 0.05) is 0 Å². The van der Waals surface area contributed by atoms with Crippen LogP contribution >= 0.6 is 0 Å². The number of nitrogens with one attached hydrogen (secondary N) is 1. The highest BCUT2D eigenvalue weighted by molar-refractivity contribution is 5.73. The van der Waals surface area contributed by atoms with Crippen LogP contribution in [0.1, 0.15) is 33.1 Å². The molecule has 5 N–H and O–H groups in total. The molecule has 0 saturated carbocycles. The Labute approximate surface area is 101 Å². The lowest BCUT2D eigenvalue weighted by molar-refractivity contribution is -0.139. The molecule has 0 aliphatic carbocycles. The zero-order valence-electron chi connectivity index (χ0n) is 10.3. The molecule has 17 heavy (non-hydrogen) atoms. The first-order valence-corrected chi connectivity index (χ1v) is 5.79. The van der Waals surface area contributed by atoms with Crippen LogP contribution in [0.2, 0.25) is 0 Å². The molecular weight excluding hydrogens is 224 g/mol. The number of carbonyl (C=O) groups is 2. The van der Waals surface area contributed by atoms with Crippen molar-refractivity contribution in [3.05, 3.63) is 0 Å². The smallest absolute Gasteiger partial charge is 0.320 e. The SMILES string of the molecule is CC(C)CC(N)C(=O)O.O=C(O)C1CCCN1. The van der Waals surface area contributed by atoms with Gasteiger partial charge in [0.1, 0.15) is 12.1 Å². The third kappa shape index (κ3) is 7.70. The second-order valence-corrected chi connectivity index (χ2v) is 4.56. The Morgan fingerprint density at radius 2 is 2.00 bits per heavy atom. The summed E-state index contributed by atoms with van der Waals surface area (Å²) in [4.78, 5) is 20.2. The molecule has 1 aliphatic heterocycles. The number of hydrogen-bond donors (Lipinski definition) is 4. The predicted octanol–water partition coefficient (Wildman–Crippen LogP) is 0.267. The predicted molar refractivity (Wildman–Crippen MR) is 63.7 cm³/mol. The van der Waals surface area contributed by atoms with Gasteiger partial charge in [-0.2, -0.15) is 0 Å². The normalized spacial score (nSPS) is 20.6. The lowest BCUT2D eigenvalue weighted by Gasteiger charge is -2.07. The number of rotatable bonds is 4. The Hall–Kier alpha value is -1.14. The summed E-state index contributed by atoms with van der Waals surface area (Å²) in [6.07, 6.45) is 2.33. The summed E-state index contributed by atoms with van der Waals surface area (Å²) in [5.74, 6) is -1.28. The molecule has 1 heterocycles. The molecule has 0 aromatic carbocycles. The van der Waals surface area contributed by atoms with E-state index in [-0.39, 0.29) is 6.04 Å². The zero-order chi connectivity index (χ0) is 13.4. The molecule has 6 heteroatoms. The van der Waals surface area contributed by atoms with Gasteiger partial charge in [-0.05, 0) is 31.7 Å². The monoisotopic (exact) mass is 246 g/mol. The second-order valence-electron chi connectivity index (χ2n) is 4.56. The summed E-state index contributed by atoms with van der Waals surface area (Å²) in [7, 11) is 0. The fourth-order valence-electron chi connectivity index (χ4n) is 1.50. The minimum Gasteiger partial charge on any atom is -0.480 e. The first kappa shape index (κ1) is 15.9. The molecule has 0 aromatic rings. The van der Waals surface area contributed by atoms with Gasteiger partial charge in [-0.3, -0.25) is 9.59 Å². The summed E-state index contributed by atoms with van der Waals surface area (Å²) in [5.41, 5.74) is 5.22. The fraction of sp³-hybridized carbons (Fsp3) is 0.818. The van der Waals surface area contributed by atoms with Crippen LogP contribution in [0.25, 0.3) is 0 Å². The summed E-state index contributed by atoms with van der Waals surface area (Å²) in [5, 5.41) is 19.5. The zero-order valence-corrected chi connectivity index (χ0v) is 10.3. The highest BCUT2D eigenvalue weighted by Crippen LogP contribution is 2.03. The Bertz CT molecular complexity index is 250. The van der Waals surface area contributed by atoms with E-state index in [0.717, 1.165) is 19.4 Å². The minimum absolute atomic E-state index is 0.269. The minimum atomic E-state index is -0.913. The van der Waals surface area contributed by atoms with Crippen LogP contribution in [0.3, 0.4) is 0 Å². The van der Waals surface area contributed by atoms with E-state index in [2.05, 4.69) is 5.32 Å². The van der Waals surface area contributed by atoms with Crippen molar-refractivity contribution in [3.8, 4) is 0 Å². The van der Waals surface area contributed by atoms with Crippen molar-refractivity contribution in [2.75, 3.05) is 6.54 Å². The quantitative estimate of drug-likeness (QED) is 0.566. The number of carboxylic acids is 2. The van der Waals surface area contributed by atoms with E-state index in [9.17, 15) is 9.59 Å². The van der Waals surface area contributed by atoms with Crippen molar-refractivity contribution in [2.45, 2.75) is 45.2 Å². The lowest BCUT2D eigenvalue weighted by atomic mass is 10.1. The number of hydrogen-bond acceptors (Lipinski definition) is 4. The van der Waals surface area contributed by atoms with Crippen molar-refractivity contribution < 1.29 is 19.8 Å². The van der Waals surface area contributed by atoms with Crippen LogP contribution in [0.15, 0.2) is 0 Å². The lowest BCUT2D eigenvalue weighted by Crippen LogP contribution is -2.31. The van der Waals surface area contributed by atoms with Gasteiger partial charge in [0.15, 0.2) is 0 Å². The fourth-order valence-corrected chi connectivity index (χ4v) is 1.50. The topological polar surface area (TPSA) is 113 Å². The van der Waals surface area contributed by atoms with Gasteiger partial charge < -0.3 is 21.3 Å². The van der Waals surface area contributed by atoms with Crippen LogP contribution in [0.4, 0.5) is 0 Å². The molecule has 2 atom stereocenters. The van der Waals surface area contributed by atoms with E-state index in [4.69, 9.17) is 15.9 Å². The third-order valence-electron chi connectivity index (χ3n) is 2.40. The molecule has 0 aromatic heterocycles. The molecule has 100 valence electrons. The number of carboxylic acid groups (broad SMARTS) is 2. The van der Waals surface area contributed by atoms with Crippen molar-refractivity contribution in [2.24, 2.45) is 11.7 Å². The van der Waals surface area contributed by atoms with E-state index in [1.165, 1.54) is 0 Å². The highest BCUT2D eigenvalue weighted by Gasteiger charge is 2.20. The summed E-state index contributed by atoms with van der Waals surface area (Å²) in [6.45, 7) is 4.75. The maximum atomic E-state index is 10.1.